The zero-order valence-electron chi connectivity index (χ0n) is 7.10. The number of nitrogens with two attached hydrogens (primary N) is 1. The number of aromatic nitrogens is 2. The van der Waals surface area contributed by atoms with E-state index in [1.807, 2.05) is 0 Å². The molecule has 0 amide bonds. The molecule has 2 heterocycles. The fourth-order valence-electron chi connectivity index (χ4n) is 1.11. The minimum Gasteiger partial charge on any atom is -0.421 e. The molecule has 1 aromatic heterocycles. The third-order valence-electron chi connectivity index (χ3n) is 1.75. The lowest BCUT2D eigenvalue weighted by Crippen LogP contribution is -2.22. The SMILES string of the molecule is NCc1nnc(C2COCCO2)o1. The van der Waals surface area contributed by atoms with E-state index < -0.39 is 0 Å². The Bertz CT molecular complexity index is 270. The second-order valence-electron chi connectivity index (χ2n) is 2.67. The highest BCUT2D eigenvalue weighted by atomic mass is 16.6. The van der Waals surface area contributed by atoms with Gasteiger partial charge in [-0.3, -0.25) is 0 Å². The van der Waals surface area contributed by atoms with Crippen molar-refractivity contribution in [1.82, 2.24) is 10.2 Å². The van der Waals surface area contributed by atoms with E-state index >= 15 is 0 Å². The molecular weight excluding hydrogens is 174 g/mol. The van der Waals surface area contributed by atoms with E-state index in [4.69, 9.17) is 19.6 Å². The van der Waals surface area contributed by atoms with Crippen LogP contribution in [0.2, 0.25) is 0 Å². The second kappa shape index (κ2) is 3.82. The zero-order valence-corrected chi connectivity index (χ0v) is 7.10. The van der Waals surface area contributed by atoms with Crippen molar-refractivity contribution in [3.05, 3.63) is 11.8 Å². The standard InChI is InChI=1S/C7H11N3O3/c8-3-6-9-10-7(13-6)5-4-11-1-2-12-5/h5H,1-4,8H2. The molecule has 1 saturated heterocycles. The summed E-state index contributed by atoms with van der Waals surface area (Å²) >= 11 is 0. The maximum atomic E-state index is 5.36. The molecule has 0 radical (unpaired) electrons. The van der Waals surface area contributed by atoms with Gasteiger partial charge in [0.15, 0.2) is 6.10 Å². The second-order valence-corrected chi connectivity index (χ2v) is 2.67. The third-order valence-corrected chi connectivity index (χ3v) is 1.75. The molecule has 13 heavy (non-hydrogen) atoms. The lowest BCUT2D eigenvalue weighted by molar-refractivity contribution is -0.0998. The molecule has 1 aliphatic rings. The van der Waals surface area contributed by atoms with Crippen LogP contribution in [0, 0.1) is 0 Å². The average Bonchev–Trinajstić information content (AvgIpc) is 2.67. The quantitative estimate of drug-likeness (QED) is 0.676. The molecule has 1 aromatic rings. The number of hydrogen-bond acceptors (Lipinski definition) is 6. The van der Waals surface area contributed by atoms with Gasteiger partial charge in [0.2, 0.25) is 11.8 Å². The van der Waals surface area contributed by atoms with Crippen LogP contribution in [0.1, 0.15) is 17.9 Å². The van der Waals surface area contributed by atoms with Crippen LogP contribution in [-0.4, -0.2) is 30.0 Å². The van der Waals surface area contributed by atoms with Crippen molar-refractivity contribution in [2.45, 2.75) is 12.6 Å². The van der Waals surface area contributed by atoms with Crippen LogP contribution in [0.3, 0.4) is 0 Å². The van der Waals surface area contributed by atoms with Gasteiger partial charge in [0.05, 0.1) is 26.4 Å². The summed E-state index contributed by atoms with van der Waals surface area (Å²) in [5.74, 6) is 0.865. The summed E-state index contributed by atoms with van der Waals surface area (Å²) < 4.78 is 15.8. The Kier molecular flexibility index (Phi) is 2.53. The monoisotopic (exact) mass is 185 g/mol. The molecular formula is C7H11N3O3. The van der Waals surface area contributed by atoms with Gasteiger partial charge in [-0.1, -0.05) is 0 Å². The van der Waals surface area contributed by atoms with Crippen LogP contribution in [0.25, 0.3) is 0 Å². The lowest BCUT2D eigenvalue weighted by atomic mass is 10.3. The predicted molar refractivity (Wildman–Crippen MR) is 41.7 cm³/mol. The van der Waals surface area contributed by atoms with Crippen molar-refractivity contribution < 1.29 is 13.9 Å². The molecule has 0 saturated carbocycles. The summed E-state index contributed by atoms with van der Waals surface area (Å²) in [4.78, 5) is 0. The minimum absolute atomic E-state index is 0.235. The van der Waals surface area contributed by atoms with Crippen molar-refractivity contribution in [2.75, 3.05) is 19.8 Å². The van der Waals surface area contributed by atoms with Crippen LogP contribution in [0.15, 0.2) is 4.42 Å². The Labute approximate surface area is 75.0 Å². The van der Waals surface area contributed by atoms with E-state index in [-0.39, 0.29) is 12.6 Å². The molecule has 2 N–H and O–H groups in total. The van der Waals surface area contributed by atoms with Gasteiger partial charge in [-0.05, 0) is 0 Å². The molecule has 72 valence electrons. The van der Waals surface area contributed by atoms with Crippen LogP contribution in [0.4, 0.5) is 0 Å². The zero-order chi connectivity index (χ0) is 9.10. The molecule has 0 spiro atoms. The van der Waals surface area contributed by atoms with Gasteiger partial charge in [-0.2, -0.15) is 0 Å². The Balaban J connectivity index is 2.05. The largest absolute Gasteiger partial charge is 0.421 e. The van der Waals surface area contributed by atoms with Gasteiger partial charge < -0.3 is 19.6 Å². The Morgan fingerprint density at radius 1 is 1.38 bits per heavy atom. The molecule has 2 rings (SSSR count). The van der Waals surface area contributed by atoms with Crippen LogP contribution in [0.5, 0.6) is 0 Å². The van der Waals surface area contributed by atoms with Crippen LogP contribution < -0.4 is 5.73 Å². The first-order valence-corrected chi connectivity index (χ1v) is 4.12. The van der Waals surface area contributed by atoms with Crippen molar-refractivity contribution >= 4 is 0 Å². The van der Waals surface area contributed by atoms with Crippen molar-refractivity contribution in [3.8, 4) is 0 Å². The van der Waals surface area contributed by atoms with Crippen molar-refractivity contribution in [3.63, 3.8) is 0 Å². The predicted octanol–water partition coefficient (Wildman–Crippen LogP) is -0.384. The maximum absolute atomic E-state index is 5.36. The normalized spacial score (nSPS) is 23.3. The third kappa shape index (κ3) is 1.85. The molecule has 1 atom stereocenters. The number of rotatable bonds is 2. The highest BCUT2D eigenvalue weighted by Gasteiger charge is 2.22. The van der Waals surface area contributed by atoms with Crippen molar-refractivity contribution in [2.24, 2.45) is 5.73 Å². The smallest absolute Gasteiger partial charge is 0.247 e. The topological polar surface area (TPSA) is 83.4 Å². The summed E-state index contributed by atoms with van der Waals surface area (Å²) in [5.41, 5.74) is 5.32. The number of nitrogens with zero attached hydrogens (tertiary/aromatic N) is 2. The van der Waals surface area contributed by atoms with Gasteiger partial charge in [0, 0.05) is 0 Å². The first kappa shape index (κ1) is 8.61. The number of ether oxygens (including phenoxy) is 2. The first-order valence-electron chi connectivity index (χ1n) is 4.12. The van der Waals surface area contributed by atoms with Gasteiger partial charge in [-0.15, -0.1) is 10.2 Å². The molecule has 6 heteroatoms. The fourth-order valence-corrected chi connectivity index (χ4v) is 1.11. The van der Waals surface area contributed by atoms with Gasteiger partial charge in [-0.25, -0.2) is 0 Å². The van der Waals surface area contributed by atoms with E-state index in [9.17, 15) is 0 Å². The lowest BCUT2D eigenvalue weighted by Gasteiger charge is -2.19. The summed E-state index contributed by atoms with van der Waals surface area (Å²) in [6, 6.07) is 0. The highest BCUT2D eigenvalue weighted by molar-refractivity contribution is 4.87. The molecule has 0 aromatic carbocycles. The Morgan fingerprint density at radius 2 is 2.31 bits per heavy atom. The average molecular weight is 185 g/mol. The molecule has 0 bridgehead atoms. The van der Waals surface area contributed by atoms with Crippen LogP contribution >= 0.6 is 0 Å². The summed E-state index contributed by atoms with van der Waals surface area (Å²) in [6.45, 7) is 1.90. The molecule has 0 aliphatic carbocycles. The molecule has 1 unspecified atom stereocenters. The maximum Gasteiger partial charge on any atom is 0.247 e. The highest BCUT2D eigenvalue weighted by Crippen LogP contribution is 2.18. The molecule has 1 aliphatic heterocycles. The van der Waals surface area contributed by atoms with Crippen molar-refractivity contribution in [1.29, 1.82) is 0 Å². The molecule has 6 nitrogen and oxygen atoms in total. The Morgan fingerprint density at radius 3 is 2.92 bits per heavy atom. The van der Waals surface area contributed by atoms with E-state index in [1.54, 1.807) is 0 Å². The van der Waals surface area contributed by atoms with E-state index in [2.05, 4.69) is 10.2 Å². The van der Waals surface area contributed by atoms with Gasteiger partial charge in [0.1, 0.15) is 0 Å². The Hall–Kier alpha value is -0.980. The molecule has 1 fully saturated rings. The van der Waals surface area contributed by atoms with E-state index in [1.165, 1.54) is 0 Å². The first-order chi connectivity index (χ1) is 6.40. The van der Waals surface area contributed by atoms with Gasteiger partial charge in [0.25, 0.3) is 0 Å². The fraction of sp³-hybridized carbons (Fsp3) is 0.714. The van der Waals surface area contributed by atoms with Crippen LogP contribution in [-0.2, 0) is 16.0 Å². The van der Waals surface area contributed by atoms with E-state index in [0.29, 0.717) is 31.6 Å². The summed E-state index contributed by atoms with van der Waals surface area (Å²) in [5, 5.41) is 7.54. The summed E-state index contributed by atoms with van der Waals surface area (Å²) in [6.07, 6.45) is -0.235. The van der Waals surface area contributed by atoms with E-state index in [0.717, 1.165) is 0 Å². The minimum atomic E-state index is -0.235. The van der Waals surface area contributed by atoms with Gasteiger partial charge >= 0.3 is 0 Å². The summed E-state index contributed by atoms with van der Waals surface area (Å²) in [7, 11) is 0. The number of hydrogen-bond donors (Lipinski definition) is 1.